The van der Waals surface area contributed by atoms with E-state index in [1.807, 2.05) is 33.2 Å². The van der Waals surface area contributed by atoms with Gasteiger partial charge in [-0.15, -0.1) is 0 Å². The Morgan fingerprint density at radius 1 is 1.16 bits per heavy atom. The topological polar surface area (TPSA) is 56.1 Å². The highest BCUT2D eigenvalue weighted by atomic mass is 16.1. The Morgan fingerprint density at radius 3 is 2.61 bits per heavy atom. The summed E-state index contributed by atoms with van der Waals surface area (Å²) >= 11 is 0. The number of nitrogens with zero attached hydrogens (tertiary/aromatic N) is 5. The second-order valence-electron chi connectivity index (χ2n) is 8.44. The molecule has 1 N–H and O–H groups in total. The molecule has 3 heterocycles. The number of aliphatic imine (C=N–C) groups is 1. The predicted molar refractivity (Wildman–Crippen MR) is 126 cm³/mol. The second kappa shape index (κ2) is 9.14. The third kappa shape index (κ3) is 4.19. The lowest BCUT2D eigenvalue weighted by Crippen LogP contribution is -2.54. The van der Waals surface area contributed by atoms with Crippen molar-refractivity contribution in [3.63, 3.8) is 0 Å². The first-order chi connectivity index (χ1) is 15.0. The Bertz CT molecular complexity index is 1010. The molecule has 0 radical (unpaired) electrons. The standard InChI is InChI=1S/C24H34N6O/c1-5-10-30-16-19(25-3)15-26-24(30)29-13-11-28(12-14-29)17-22(31)23-18(2)27(4)21-9-7-6-8-20(21)23/h6-9,16,25H,5,10-15,17H2,1-4H3. The van der Waals surface area contributed by atoms with Crippen LogP contribution >= 0.6 is 0 Å². The fourth-order valence-corrected chi connectivity index (χ4v) is 4.62. The molecule has 0 saturated carbocycles. The molecule has 1 aromatic heterocycles. The molecule has 31 heavy (non-hydrogen) atoms. The Morgan fingerprint density at radius 2 is 1.90 bits per heavy atom. The second-order valence-corrected chi connectivity index (χ2v) is 8.44. The van der Waals surface area contributed by atoms with Gasteiger partial charge in [0.2, 0.25) is 5.96 Å². The molecule has 0 amide bonds. The number of piperazine rings is 1. The maximum Gasteiger partial charge on any atom is 0.201 e. The van der Waals surface area contributed by atoms with Crippen LogP contribution in [0.2, 0.25) is 0 Å². The van der Waals surface area contributed by atoms with Gasteiger partial charge in [-0.3, -0.25) is 9.69 Å². The third-order valence-corrected chi connectivity index (χ3v) is 6.45. The Hall–Kier alpha value is -2.80. The SMILES string of the molecule is CCCN1C=C(NC)CN=C1N1CCN(CC(=O)c2c(C)n(C)c3ccccc23)CC1. The van der Waals surface area contributed by atoms with Crippen LogP contribution < -0.4 is 5.32 Å². The van der Waals surface area contributed by atoms with E-state index in [0.717, 1.165) is 73.0 Å². The minimum absolute atomic E-state index is 0.215. The predicted octanol–water partition coefficient (Wildman–Crippen LogP) is 2.43. The molecule has 1 aromatic carbocycles. The van der Waals surface area contributed by atoms with E-state index in [1.165, 1.54) is 0 Å². The number of Topliss-reactive ketones (excluding diaryl/α,β-unsaturated/α-hetero) is 1. The summed E-state index contributed by atoms with van der Waals surface area (Å²) in [5.41, 5.74) is 4.18. The van der Waals surface area contributed by atoms with Crippen molar-refractivity contribution in [2.75, 3.05) is 52.9 Å². The fourth-order valence-electron chi connectivity index (χ4n) is 4.62. The van der Waals surface area contributed by atoms with Crippen LogP contribution in [0.5, 0.6) is 0 Å². The number of fused-ring (bicyclic) bond motifs is 1. The smallest absolute Gasteiger partial charge is 0.201 e. The number of aromatic nitrogens is 1. The summed E-state index contributed by atoms with van der Waals surface area (Å²) in [6.07, 6.45) is 3.26. The van der Waals surface area contributed by atoms with Gasteiger partial charge in [0.15, 0.2) is 5.78 Å². The number of ketones is 1. The van der Waals surface area contributed by atoms with Crippen LogP contribution in [0, 0.1) is 6.92 Å². The lowest BCUT2D eigenvalue weighted by Gasteiger charge is -2.40. The first-order valence-corrected chi connectivity index (χ1v) is 11.3. The summed E-state index contributed by atoms with van der Waals surface area (Å²) in [5, 5.41) is 4.29. The number of carbonyl (C=O) groups excluding carboxylic acids is 1. The van der Waals surface area contributed by atoms with Crippen molar-refractivity contribution in [2.45, 2.75) is 20.3 Å². The number of nitrogens with one attached hydrogen (secondary N) is 1. The maximum absolute atomic E-state index is 13.2. The molecule has 7 nitrogen and oxygen atoms in total. The largest absolute Gasteiger partial charge is 0.389 e. The van der Waals surface area contributed by atoms with Crippen molar-refractivity contribution in [3.05, 3.63) is 47.4 Å². The number of aryl methyl sites for hydroxylation is 1. The van der Waals surface area contributed by atoms with E-state index in [-0.39, 0.29) is 5.78 Å². The number of hydrogen-bond donors (Lipinski definition) is 1. The molecule has 166 valence electrons. The van der Waals surface area contributed by atoms with Gasteiger partial charge in [0, 0.05) is 80.9 Å². The van der Waals surface area contributed by atoms with Gasteiger partial charge in [0.05, 0.1) is 13.1 Å². The third-order valence-electron chi connectivity index (χ3n) is 6.45. The molecule has 7 heteroatoms. The molecule has 0 unspecified atom stereocenters. The van der Waals surface area contributed by atoms with Crippen molar-refractivity contribution in [1.82, 2.24) is 24.6 Å². The molecular formula is C24H34N6O. The number of hydrogen-bond acceptors (Lipinski definition) is 6. The van der Waals surface area contributed by atoms with Gasteiger partial charge in [0.1, 0.15) is 0 Å². The van der Waals surface area contributed by atoms with Gasteiger partial charge in [0.25, 0.3) is 0 Å². The van der Waals surface area contributed by atoms with Crippen molar-refractivity contribution in [3.8, 4) is 0 Å². The first kappa shape index (κ1) is 21.4. The molecule has 0 aliphatic carbocycles. The zero-order valence-electron chi connectivity index (χ0n) is 19.2. The van der Waals surface area contributed by atoms with Crippen LogP contribution in [-0.2, 0) is 7.05 Å². The van der Waals surface area contributed by atoms with E-state index in [2.05, 4.69) is 49.8 Å². The molecule has 2 aliphatic heterocycles. The summed E-state index contributed by atoms with van der Waals surface area (Å²) in [5.74, 6) is 1.28. The molecule has 0 bridgehead atoms. The van der Waals surface area contributed by atoms with Crippen LogP contribution in [0.4, 0.5) is 0 Å². The highest BCUT2D eigenvalue weighted by Gasteiger charge is 2.27. The molecule has 2 aromatic rings. The first-order valence-electron chi connectivity index (χ1n) is 11.3. The Labute approximate surface area is 185 Å². The summed E-state index contributed by atoms with van der Waals surface area (Å²) in [6.45, 7) is 9.90. The van der Waals surface area contributed by atoms with E-state index in [1.54, 1.807) is 0 Å². The number of rotatable bonds is 6. The average molecular weight is 423 g/mol. The fraction of sp³-hybridized carbons (Fsp3) is 0.500. The van der Waals surface area contributed by atoms with Crippen LogP contribution in [0.1, 0.15) is 29.4 Å². The van der Waals surface area contributed by atoms with Gasteiger partial charge in [-0.05, 0) is 19.4 Å². The molecule has 0 atom stereocenters. The average Bonchev–Trinajstić information content (AvgIpc) is 3.05. The summed E-state index contributed by atoms with van der Waals surface area (Å²) < 4.78 is 2.12. The molecular weight excluding hydrogens is 388 g/mol. The van der Waals surface area contributed by atoms with Gasteiger partial charge in [-0.2, -0.15) is 0 Å². The monoisotopic (exact) mass is 422 g/mol. The highest BCUT2D eigenvalue weighted by Crippen LogP contribution is 2.25. The summed E-state index contributed by atoms with van der Waals surface area (Å²) in [7, 11) is 3.98. The van der Waals surface area contributed by atoms with E-state index in [9.17, 15) is 4.79 Å². The summed E-state index contributed by atoms with van der Waals surface area (Å²) in [4.78, 5) is 25.0. The van der Waals surface area contributed by atoms with Crippen LogP contribution in [0.3, 0.4) is 0 Å². The van der Waals surface area contributed by atoms with Crippen molar-refractivity contribution in [1.29, 1.82) is 0 Å². The molecule has 1 saturated heterocycles. The normalized spacial score (nSPS) is 17.7. The Kier molecular flexibility index (Phi) is 6.32. The van der Waals surface area contributed by atoms with Gasteiger partial charge >= 0.3 is 0 Å². The van der Waals surface area contributed by atoms with Crippen LogP contribution in [-0.4, -0.2) is 83.9 Å². The number of benzene rings is 1. The van der Waals surface area contributed by atoms with Crippen molar-refractivity contribution in [2.24, 2.45) is 12.0 Å². The Balaban J connectivity index is 1.41. The molecule has 2 aliphatic rings. The van der Waals surface area contributed by atoms with Crippen molar-refractivity contribution >= 4 is 22.6 Å². The molecule has 1 fully saturated rings. The lowest BCUT2D eigenvalue weighted by atomic mass is 10.1. The maximum atomic E-state index is 13.2. The van der Waals surface area contributed by atoms with E-state index >= 15 is 0 Å². The molecule has 4 rings (SSSR count). The number of carbonyl (C=O) groups is 1. The number of likely N-dealkylation sites (N-methyl/N-ethyl adjacent to an activating group) is 1. The van der Waals surface area contributed by atoms with Crippen molar-refractivity contribution < 1.29 is 4.79 Å². The number of guanidine groups is 1. The number of para-hydroxylation sites is 1. The zero-order valence-corrected chi connectivity index (χ0v) is 19.2. The highest BCUT2D eigenvalue weighted by molar-refractivity contribution is 6.10. The quantitative estimate of drug-likeness (QED) is 0.725. The lowest BCUT2D eigenvalue weighted by molar-refractivity contribution is 0.0893. The van der Waals surface area contributed by atoms with E-state index in [0.29, 0.717) is 13.1 Å². The van der Waals surface area contributed by atoms with E-state index < -0.39 is 0 Å². The minimum atomic E-state index is 0.215. The van der Waals surface area contributed by atoms with Crippen LogP contribution in [0.15, 0.2) is 41.2 Å². The molecule has 0 spiro atoms. The van der Waals surface area contributed by atoms with Gasteiger partial charge in [-0.1, -0.05) is 25.1 Å². The van der Waals surface area contributed by atoms with Gasteiger partial charge < -0.3 is 19.7 Å². The zero-order chi connectivity index (χ0) is 22.0. The van der Waals surface area contributed by atoms with Gasteiger partial charge in [-0.25, -0.2) is 4.99 Å². The van der Waals surface area contributed by atoms with E-state index in [4.69, 9.17) is 4.99 Å². The summed E-state index contributed by atoms with van der Waals surface area (Å²) in [6, 6.07) is 8.18. The minimum Gasteiger partial charge on any atom is -0.389 e. The van der Waals surface area contributed by atoms with Crippen LogP contribution in [0.25, 0.3) is 10.9 Å².